The second-order valence-corrected chi connectivity index (χ2v) is 10.4. The van der Waals surface area contributed by atoms with Gasteiger partial charge in [0, 0.05) is 25.4 Å². The summed E-state index contributed by atoms with van der Waals surface area (Å²) < 4.78 is 8.95. The summed E-state index contributed by atoms with van der Waals surface area (Å²) in [5, 5.41) is 2.95. The number of rotatable bonds is 8. The molecule has 1 aromatic carbocycles. The number of ether oxygens (including phenoxy) is 2. The highest BCUT2D eigenvalue weighted by Crippen LogP contribution is 2.64. The maximum absolute atomic E-state index is 12.3. The number of esters is 2. The lowest BCUT2D eigenvalue weighted by Crippen LogP contribution is -2.27. The highest BCUT2D eigenvalue weighted by Gasteiger charge is 2.69. The molecule has 1 N–H and O–H groups in total. The Balaban J connectivity index is 0.000000739. The minimum atomic E-state index is -1.17. The third kappa shape index (κ3) is 6.94. The van der Waals surface area contributed by atoms with Gasteiger partial charge < -0.3 is 19.7 Å². The zero-order valence-electron chi connectivity index (χ0n) is 19.2. The van der Waals surface area contributed by atoms with Crippen molar-refractivity contribution in [3.63, 3.8) is 0 Å². The molecular formula is C23H26Cl2N2O6S. The van der Waals surface area contributed by atoms with Gasteiger partial charge in [-0.25, -0.2) is 4.79 Å². The summed E-state index contributed by atoms with van der Waals surface area (Å²) >= 11 is 13.1. The van der Waals surface area contributed by atoms with Crippen LogP contribution in [0.1, 0.15) is 30.6 Å². The van der Waals surface area contributed by atoms with Crippen molar-refractivity contribution in [3.8, 4) is 10.4 Å². The van der Waals surface area contributed by atoms with Crippen LogP contribution in [0.15, 0.2) is 36.4 Å². The summed E-state index contributed by atoms with van der Waals surface area (Å²) in [6.07, 6.45) is 1.02. The van der Waals surface area contributed by atoms with E-state index in [9.17, 15) is 19.2 Å². The number of benzene rings is 1. The van der Waals surface area contributed by atoms with Gasteiger partial charge in [0.05, 0.1) is 12.2 Å². The molecule has 1 atom stereocenters. The minimum Gasteiger partial charge on any atom is -0.462 e. The highest BCUT2D eigenvalue weighted by atomic mass is 35.5. The number of amides is 2. The number of nitrogens with zero attached hydrogens (tertiary/aromatic N) is 1. The lowest BCUT2D eigenvalue weighted by Gasteiger charge is -2.11. The molecule has 1 aromatic heterocycles. The molecule has 11 heteroatoms. The summed E-state index contributed by atoms with van der Waals surface area (Å²) in [5.41, 5.74) is 0.123. The predicted molar refractivity (Wildman–Crippen MR) is 132 cm³/mol. The van der Waals surface area contributed by atoms with Gasteiger partial charge in [0.25, 0.3) is 5.91 Å². The Morgan fingerprint density at radius 3 is 2.26 bits per heavy atom. The summed E-state index contributed by atoms with van der Waals surface area (Å²) in [6, 6.07) is 11.1. The molecule has 1 heterocycles. The fraction of sp³-hybridized carbons (Fsp3) is 0.391. The molecule has 34 heavy (non-hydrogen) atoms. The summed E-state index contributed by atoms with van der Waals surface area (Å²) in [7, 11) is 3.38. The van der Waals surface area contributed by atoms with Crippen molar-refractivity contribution < 1.29 is 28.7 Å². The molecule has 1 aliphatic rings. The molecule has 8 nitrogen and oxygen atoms in total. The van der Waals surface area contributed by atoms with E-state index in [2.05, 4.69) is 5.32 Å². The van der Waals surface area contributed by atoms with E-state index in [-0.39, 0.29) is 18.6 Å². The van der Waals surface area contributed by atoms with Crippen LogP contribution in [0.4, 0.5) is 5.00 Å². The van der Waals surface area contributed by atoms with Crippen molar-refractivity contribution in [1.82, 2.24) is 4.90 Å². The molecule has 0 aliphatic heterocycles. The van der Waals surface area contributed by atoms with Crippen LogP contribution in [0, 0.1) is 5.41 Å². The summed E-state index contributed by atoms with van der Waals surface area (Å²) in [4.78, 5) is 48.4. The van der Waals surface area contributed by atoms with Gasteiger partial charge in [-0.05, 0) is 25.5 Å². The standard InChI is InChI=1S/C20H19Cl2NO5S.C3H7NO/c1-3-27-17(25)13-9-14(12-7-5-4-6-8-12)29-16(13)23-15(24)10-28-18(26)19(2)11-20(19,21)22;1-4(2)3-5/h4-9H,3,10-11H2,1-2H3,(H,23,24);3H,1-2H3. The Bertz CT molecular complexity index is 1040. The lowest BCUT2D eigenvalue weighted by molar-refractivity contribution is -0.152. The van der Waals surface area contributed by atoms with Gasteiger partial charge >= 0.3 is 11.9 Å². The van der Waals surface area contributed by atoms with Crippen molar-refractivity contribution >= 4 is 63.8 Å². The number of nitrogens with one attached hydrogen (secondary N) is 1. The van der Waals surface area contributed by atoms with Crippen LogP contribution in [0.2, 0.25) is 0 Å². The number of anilines is 1. The van der Waals surface area contributed by atoms with Gasteiger partial charge in [0.15, 0.2) is 6.61 Å². The topological polar surface area (TPSA) is 102 Å². The van der Waals surface area contributed by atoms with Crippen molar-refractivity contribution in [2.45, 2.75) is 24.6 Å². The van der Waals surface area contributed by atoms with Gasteiger partial charge in [-0.2, -0.15) is 0 Å². The number of alkyl halides is 2. The Hall–Kier alpha value is -2.62. The van der Waals surface area contributed by atoms with Crippen molar-refractivity contribution in [3.05, 3.63) is 42.0 Å². The smallest absolute Gasteiger partial charge is 0.341 e. The SMILES string of the molecule is CCOC(=O)c1cc(-c2ccccc2)sc1NC(=O)COC(=O)C1(C)CC1(Cl)Cl.CN(C)C=O. The number of halogens is 2. The second-order valence-electron chi connectivity index (χ2n) is 7.85. The van der Waals surface area contributed by atoms with Crippen LogP contribution in [0.5, 0.6) is 0 Å². The number of carbonyl (C=O) groups excluding carboxylic acids is 4. The lowest BCUT2D eigenvalue weighted by atomic mass is 10.1. The van der Waals surface area contributed by atoms with E-state index in [1.165, 1.54) is 16.2 Å². The van der Waals surface area contributed by atoms with E-state index in [0.717, 1.165) is 16.9 Å². The maximum atomic E-state index is 12.3. The molecule has 0 bridgehead atoms. The summed E-state index contributed by atoms with van der Waals surface area (Å²) in [6.45, 7) is 2.97. The van der Waals surface area contributed by atoms with E-state index < -0.39 is 34.2 Å². The molecule has 2 amide bonds. The van der Waals surface area contributed by atoms with Gasteiger partial charge in [0.1, 0.15) is 14.7 Å². The first kappa shape index (κ1) is 27.6. The van der Waals surface area contributed by atoms with Gasteiger partial charge in [-0.15, -0.1) is 34.5 Å². The molecule has 0 saturated heterocycles. The van der Waals surface area contributed by atoms with E-state index in [4.69, 9.17) is 32.7 Å². The number of hydrogen-bond donors (Lipinski definition) is 1. The van der Waals surface area contributed by atoms with E-state index in [1.807, 2.05) is 30.3 Å². The Labute approximate surface area is 212 Å². The molecule has 1 saturated carbocycles. The number of carbonyl (C=O) groups is 4. The van der Waals surface area contributed by atoms with Crippen LogP contribution >= 0.6 is 34.5 Å². The first-order valence-electron chi connectivity index (χ1n) is 10.3. The predicted octanol–water partition coefficient (Wildman–Crippen LogP) is 4.36. The van der Waals surface area contributed by atoms with Crippen LogP contribution in [-0.2, 0) is 23.9 Å². The quantitative estimate of drug-likeness (QED) is 0.310. The zero-order valence-corrected chi connectivity index (χ0v) is 21.6. The fourth-order valence-corrected chi connectivity index (χ4v) is 4.42. The van der Waals surface area contributed by atoms with Gasteiger partial charge in [-0.1, -0.05) is 30.3 Å². The minimum absolute atomic E-state index is 0.206. The molecule has 184 valence electrons. The van der Waals surface area contributed by atoms with E-state index in [1.54, 1.807) is 34.0 Å². The third-order valence-corrected chi connectivity index (χ3v) is 6.99. The molecule has 2 aromatic rings. The normalized spacial score (nSPS) is 17.5. The molecule has 1 aliphatic carbocycles. The van der Waals surface area contributed by atoms with Crippen LogP contribution in [0.3, 0.4) is 0 Å². The van der Waals surface area contributed by atoms with Crippen LogP contribution in [0.25, 0.3) is 10.4 Å². The Kier molecular flexibility index (Phi) is 9.49. The van der Waals surface area contributed by atoms with Crippen molar-refractivity contribution in [1.29, 1.82) is 0 Å². The van der Waals surface area contributed by atoms with Gasteiger partial charge in [0.2, 0.25) is 6.41 Å². The van der Waals surface area contributed by atoms with E-state index >= 15 is 0 Å². The fourth-order valence-electron chi connectivity index (χ4n) is 2.66. The second kappa shape index (κ2) is 11.7. The number of hydrogen-bond acceptors (Lipinski definition) is 7. The Morgan fingerprint density at radius 2 is 1.76 bits per heavy atom. The zero-order chi connectivity index (χ0) is 25.5. The number of thiophene rings is 1. The molecular weight excluding hydrogens is 503 g/mol. The average Bonchev–Trinajstić information content (AvgIpc) is 3.11. The first-order valence-corrected chi connectivity index (χ1v) is 11.9. The van der Waals surface area contributed by atoms with Crippen molar-refractivity contribution in [2.24, 2.45) is 5.41 Å². The molecule has 1 unspecified atom stereocenters. The highest BCUT2D eigenvalue weighted by molar-refractivity contribution is 7.20. The third-order valence-electron chi connectivity index (χ3n) is 4.79. The largest absolute Gasteiger partial charge is 0.462 e. The molecule has 1 fully saturated rings. The monoisotopic (exact) mass is 528 g/mol. The van der Waals surface area contributed by atoms with Gasteiger partial charge in [-0.3, -0.25) is 14.4 Å². The Morgan fingerprint density at radius 1 is 1.18 bits per heavy atom. The van der Waals surface area contributed by atoms with Crippen LogP contribution in [-0.4, -0.2) is 60.8 Å². The summed E-state index contributed by atoms with van der Waals surface area (Å²) in [5.74, 6) is -1.76. The first-order chi connectivity index (χ1) is 15.9. The van der Waals surface area contributed by atoms with Crippen LogP contribution < -0.4 is 5.32 Å². The average molecular weight is 529 g/mol. The molecule has 0 radical (unpaired) electrons. The molecule has 0 spiro atoms. The maximum Gasteiger partial charge on any atom is 0.341 e. The molecule has 3 rings (SSSR count). The van der Waals surface area contributed by atoms with E-state index in [0.29, 0.717) is 5.00 Å². The van der Waals surface area contributed by atoms with Crippen molar-refractivity contribution in [2.75, 3.05) is 32.6 Å².